The van der Waals surface area contributed by atoms with Gasteiger partial charge in [0, 0.05) is 28.3 Å². The number of benzene rings is 1. The second-order valence-corrected chi connectivity index (χ2v) is 4.85. The molecule has 0 fully saturated rings. The number of nitrogens with two attached hydrogens (primary N) is 1. The molecule has 0 saturated heterocycles. The van der Waals surface area contributed by atoms with E-state index in [1.807, 2.05) is 24.4 Å². The highest BCUT2D eigenvalue weighted by molar-refractivity contribution is 9.10. The molecule has 0 aliphatic carbocycles. The lowest BCUT2D eigenvalue weighted by Crippen LogP contribution is -1.95. The summed E-state index contributed by atoms with van der Waals surface area (Å²) < 4.78 is 1.05. The van der Waals surface area contributed by atoms with Gasteiger partial charge in [0.25, 0.3) is 0 Å². The number of hydrogen-bond acceptors (Lipinski definition) is 3. The number of nitrogens with one attached hydrogen (secondary N) is 1. The van der Waals surface area contributed by atoms with Gasteiger partial charge in [0.1, 0.15) is 0 Å². The number of aromatic amines is 1. The Balaban J connectivity index is 2.22. The first-order valence-corrected chi connectivity index (χ1v) is 6.06. The lowest BCUT2D eigenvalue weighted by molar-refractivity contribution is 1.05. The van der Waals surface area contributed by atoms with E-state index in [1.54, 1.807) is 18.0 Å². The van der Waals surface area contributed by atoms with Crippen LogP contribution in [0.1, 0.15) is 5.56 Å². The number of aromatic nitrogens is 2. The summed E-state index contributed by atoms with van der Waals surface area (Å²) in [6.07, 6.45) is 3.55. The number of rotatable bonds is 3. The summed E-state index contributed by atoms with van der Waals surface area (Å²) in [6, 6.07) is 6.10. The van der Waals surface area contributed by atoms with Crippen LogP contribution in [0.2, 0.25) is 0 Å². The Hall–Kier alpha value is -0.780. The van der Waals surface area contributed by atoms with Gasteiger partial charge in [-0.1, -0.05) is 17.8 Å². The molecule has 3 nitrogen and oxygen atoms in total. The van der Waals surface area contributed by atoms with Crippen molar-refractivity contribution >= 4 is 27.7 Å². The van der Waals surface area contributed by atoms with Crippen LogP contribution in [-0.4, -0.2) is 9.97 Å². The molecule has 1 heterocycles. The number of imidazole rings is 1. The molecule has 5 heteroatoms. The highest BCUT2D eigenvalue weighted by atomic mass is 79.9. The minimum Gasteiger partial charge on any atom is -0.339 e. The number of H-pyrrole nitrogens is 1. The Morgan fingerprint density at radius 1 is 1.47 bits per heavy atom. The van der Waals surface area contributed by atoms with Crippen LogP contribution >= 0.6 is 27.7 Å². The van der Waals surface area contributed by atoms with Crippen molar-refractivity contribution in [2.45, 2.75) is 16.6 Å². The predicted octanol–water partition coefficient (Wildman–Crippen LogP) is 2.78. The van der Waals surface area contributed by atoms with Gasteiger partial charge < -0.3 is 10.7 Å². The zero-order valence-electron chi connectivity index (χ0n) is 7.90. The molecule has 1 aromatic heterocycles. The Kier molecular flexibility index (Phi) is 3.45. The first-order chi connectivity index (χ1) is 7.29. The third-order valence-corrected chi connectivity index (χ3v) is 3.82. The van der Waals surface area contributed by atoms with E-state index in [1.165, 1.54) is 0 Å². The molecule has 15 heavy (non-hydrogen) atoms. The van der Waals surface area contributed by atoms with Crippen molar-refractivity contribution in [2.24, 2.45) is 5.73 Å². The van der Waals surface area contributed by atoms with E-state index in [0.717, 1.165) is 20.1 Å². The fraction of sp³-hybridized carbons (Fsp3) is 0.100. The van der Waals surface area contributed by atoms with Crippen LogP contribution in [0.25, 0.3) is 0 Å². The van der Waals surface area contributed by atoms with Gasteiger partial charge >= 0.3 is 0 Å². The molecule has 0 atom stereocenters. The Bertz CT molecular complexity index is 442. The second-order valence-electron chi connectivity index (χ2n) is 2.97. The maximum Gasteiger partial charge on any atom is 0.170 e. The molecule has 0 unspecified atom stereocenters. The van der Waals surface area contributed by atoms with Gasteiger partial charge in [-0.15, -0.1) is 0 Å². The zero-order chi connectivity index (χ0) is 10.7. The number of nitrogens with zero attached hydrogens (tertiary/aromatic N) is 1. The van der Waals surface area contributed by atoms with Crippen LogP contribution in [0.4, 0.5) is 0 Å². The van der Waals surface area contributed by atoms with Crippen LogP contribution in [0.5, 0.6) is 0 Å². The molecular formula is C10H10BrN3S. The molecule has 3 N–H and O–H groups in total. The molecular weight excluding hydrogens is 274 g/mol. The van der Waals surface area contributed by atoms with E-state index < -0.39 is 0 Å². The summed E-state index contributed by atoms with van der Waals surface area (Å²) in [5, 5.41) is 0.885. The molecule has 0 aliphatic heterocycles. The van der Waals surface area contributed by atoms with E-state index in [0.29, 0.717) is 6.54 Å². The highest BCUT2D eigenvalue weighted by Gasteiger charge is 2.04. The minimum atomic E-state index is 0.560. The van der Waals surface area contributed by atoms with Crippen molar-refractivity contribution in [1.29, 1.82) is 0 Å². The highest BCUT2D eigenvalue weighted by Crippen LogP contribution is 2.31. The van der Waals surface area contributed by atoms with Crippen molar-refractivity contribution in [3.05, 3.63) is 40.6 Å². The Morgan fingerprint density at radius 2 is 2.33 bits per heavy atom. The van der Waals surface area contributed by atoms with Crippen LogP contribution in [0, 0.1) is 0 Å². The maximum absolute atomic E-state index is 5.56. The van der Waals surface area contributed by atoms with E-state index in [-0.39, 0.29) is 0 Å². The fourth-order valence-electron chi connectivity index (χ4n) is 1.16. The summed E-state index contributed by atoms with van der Waals surface area (Å²) >= 11 is 5.10. The van der Waals surface area contributed by atoms with Crippen LogP contribution < -0.4 is 5.73 Å². The molecule has 0 saturated carbocycles. The molecule has 78 valence electrons. The Morgan fingerprint density at radius 3 is 2.93 bits per heavy atom. The van der Waals surface area contributed by atoms with E-state index in [2.05, 4.69) is 25.9 Å². The quantitative estimate of drug-likeness (QED) is 0.911. The molecule has 0 aliphatic rings. The lowest BCUT2D eigenvalue weighted by Gasteiger charge is -2.03. The Labute approximate surface area is 101 Å². The first kappa shape index (κ1) is 10.7. The van der Waals surface area contributed by atoms with Gasteiger partial charge in [0.05, 0.1) is 0 Å². The van der Waals surface area contributed by atoms with Gasteiger partial charge in [0.15, 0.2) is 5.16 Å². The van der Waals surface area contributed by atoms with E-state index >= 15 is 0 Å². The van der Waals surface area contributed by atoms with Crippen LogP contribution in [-0.2, 0) is 6.54 Å². The molecule has 2 rings (SSSR count). The fourth-order valence-corrected chi connectivity index (χ4v) is 2.58. The van der Waals surface area contributed by atoms with Crippen molar-refractivity contribution in [1.82, 2.24) is 9.97 Å². The summed E-state index contributed by atoms with van der Waals surface area (Å²) in [5.74, 6) is 0. The van der Waals surface area contributed by atoms with Crippen molar-refractivity contribution in [3.8, 4) is 0 Å². The van der Waals surface area contributed by atoms with Gasteiger partial charge in [0.2, 0.25) is 0 Å². The molecule has 0 amide bonds. The van der Waals surface area contributed by atoms with Crippen molar-refractivity contribution < 1.29 is 0 Å². The maximum atomic E-state index is 5.56. The largest absolute Gasteiger partial charge is 0.339 e. The molecule has 1 aromatic carbocycles. The third-order valence-electron chi connectivity index (χ3n) is 1.91. The van der Waals surface area contributed by atoms with Crippen molar-refractivity contribution in [3.63, 3.8) is 0 Å². The first-order valence-electron chi connectivity index (χ1n) is 4.45. The summed E-state index contributed by atoms with van der Waals surface area (Å²) in [6.45, 7) is 0.560. The number of hydrogen-bond donors (Lipinski definition) is 2. The van der Waals surface area contributed by atoms with Gasteiger partial charge in [-0.3, -0.25) is 0 Å². The zero-order valence-corrected chi connectivity index (χ0v) is 10.3. The lowest BCUT2D eigenvalue weighted by atomic mass is 10.2. The second kappa shape index (κ2) is 4.83. The van der Waals surface area contributed by atoms with E-state index in [4.69, 9.17) is 5.73 Å². The average molecular weight is 284 g/mol. The molecule has 0 spiro atoms. The van der Waals surface area contributed by atoms with Crippen molar-refractivity contribution in [2.75, 3.05) is 0 Å². The van der Waals surface area contributed by atoms with Crippen LogP contribution in [0.3, 0.4) is 0 Å². The molecule has 2 aromatic rings. The van der Waals surface area contributed by atoms with Gasteiger partial charge in [-0.25, -0.2) is 4.98 Å². The average Bonchev–Trinajstić information content (AvgIpc) is 2.74. The van der Waals surface area contributed by atoms with Gasteiger partial charge in [-0.2, -0.15) is 0 Å². The standard InChI is InChI=1S/C10H10BrN3S/c11-8-5-7(6-12)1-2-9(8)15-10-13-3-4-14-10/h1-5H,6,12H2,(H,13,14). The summed E-state index contributed by atoms with van der Waals surface area (Å²) in [4.78, 5) is 8.33. The molecule has 0 bridgehead atoms. The summed E-state index contributed by atoms with van der Waals surface area (Å²) in [5.41, 5.74) is 6.68. The number of halogens is 1. The van der Waals surface area contributed by atoms with Crippen LogP contribution in [0.15, 0.2) is 45.1 Å². The topological polar surface area (TPSA) is 54.7 Å². The summed E-state index contributed by atoms with van der Waals surface area (Å²) in [7, 11) is 0. The normalized spacial score (nSPS) is 10.5. The minimum absolute atomic E-state index is 0.560. The smallest absolute Gasteiger partial charge is 0.170 e. The third kappa shape index (κ3) is 2.62. The monoisotopic (exact) mass is 283 g/mol. The van der Waals surface area contributed by atoms with E-state index in [9.17, 15) is 0 Å². The molecule has 0 radical (unpaired) electrons. The predicted molar refractivity (Wildman–Crippen MR) is 64.7 cm³/mol. The van der Waals surface area contributed by atoms with Gasteiger partial charge in [-0.05, 0) is 33.6 Å². The SMILES string of the molecule is NCc1ccc(Sc2ncc[nH]2)c(Br)c1.